The molecule has 1 aliphatic heterocycles. The van der Waals surface area contributed by atoms with Gasteiger partial charge in [-0.25, -0.2) is 9.38 Å². The van der Waals surface area contributed by atoms with Gasteiger partial charge in [-0.3, -0.25) is 0 Å². The van der Waals surface area contributed by atoms with Crippen molar-refractivity contribution in [3.63, 3.8) is 0 Å². The van der Waals surface area contributed by atoms with Crippen molar-refractivity contribution in [3.8, 4) is 0 Å². The molecule has 0 aromatic carbocycles. The van der Waals surface area contributed by atoms with Crippen LogP contribution in [0.5, 0.6) is 0 Å². The molecule has 0 amide bonds. The van der Waals surface area contributed by atoms with Crippen LogP contribution in [0, 0.1) is 0 Å². The predicted octanol–water partition coefficient (Wildman–Crippen LogP) is 0.719. The van der Waals surface area contributed by atoms with E-state index < -0.39 is 6.17 Å². The highest BCUT2D eigenvalue weighted by Gasteiger charge is 2.26. The number of rotatable bonds is 2. The lowest BCUT2D eigenvalue weighted by Crippen LogP contribution is -2.50. The first-order valence-corrected chi connectivity index (χ1v) is 4.36. The summed E-state index contributed by atoms with van der Waals surface area (Å²) in [7, 11) is 1.93. The Kier molecular flexibility index (Phi) is 3.28. The van der Waals surface area contributed by atoms with Gasteiger partial charge in [0.1, 0.15) is 19.9 Å². The molecule has 0 atom stereocenters. The quantitative estimate of drug-likeness (QED) is 0.264. The Labute approximate surface area is 79.2 Å². The van der Waals surface area contributed by atoms with Crippen molar-refractivity contribution in [2.45, 2.75) is 13.1 Å². The predicted molar refractivity (Wildman–Crippen MR) is 56.4 cm³/mol. The molecule has 0 aromatic rings. The van der Waals surface area contributed by atoms with Gasteiger partial charge in [0.15, 0.2) is 0 Å². The Morgan fingerprint density at radius 3 is 2.77 bits per heavy atom. The summed E-state index contributed by atoms with van der Waals surface area (Å²) in [5.41, 5.74) is 1.01. The number of amidine groups is 1. The molecule has 0 spiro atoms. The molecule has 1 saturated heterocycles. The van der Waals surface area contributed by atoms with Gasteiger partial charge in [0.25, 0.3) is 0 Å². The second kappa shape index (κ2) is 4.26. The first-order chi connectivity index (χ1) is 6.13. The van der Waals surface area contributed by atoms with E-state index in [4.69, 9.17) is 0 Å². The average molecular weight is 180 g/mol. The third-order valence-electron chi connectivity index (χ3n) is 2.07. The summed E-state index contributed by atoms with van der Waals surface area (Å²) < 4.78 is 12.5. The van der Waals surface area contributed by atoms with E-state index in [0.717, 1.165) is 11.3 Å². The highest BCUT2D eigenvalue weighted by atomic mass is 19.1. The maximum absolute atomic E-state index is 12.5. The van der Waals surface area contributed by atoms with E-state index in [1.807, 2.05) is 19.7 Å². The summed E-state index contributed by atoms with van der Waals surface area (Å²) in [4.78, 5) is 6.11. The van der Waals surface area contributed by atoms with E-state index >= 15 is 0 Å². The van der Waals surface area contributed by atoms with Crippen molar-refractivity contribution < 1.29 is 4.39 Å². The molecule has 0 N–H and O–H groups in total. The summed E-state index contributed by atoms with van der Waals surface area (Å²) in [5, 5.41) is 0. The molecular weight excluding hydrogens is 166 g/mol. The van der Waals surface area contributed by atoms with Gasteiger partial charge in [-0.2, -0.15) is 0 Å². The van der Waals surface area contributed by atoms with E-state index in [0.29, 0.717) is 13.1 Å². The number of likely N-dealkylation sites (tertiary alicyclic amines) is 1. The van der Waals surface area contributed by atoms with Crippen LogP contribution in [0.3, 0.4) is 0 Å². The minimum absolute atomic E-state index is 0.482. The zero-order valence-corrected chi connectivity index (χ0v) is 8.13. The molecular formula is C9H14BFN2. The number of nitrogens with zero attached hydrogens (tertiary/aromatic N) is 2. The fraction of sp³-hybridized carbons (Fsp3) is 0.444. The highest BCUT2D eigenvalue weighted by molar-refractivity contribution is 6.23. The van der Waals surface area contributed by atoms with Crippen molar-refractivity contribution >= 4 is 13.7 Å². The van der Waals surface area contributed by atoms with Crippen molar-refractivity contribution in [2.24, 2.45) is 4.99 Å². The Morgan fingerprint density at radius 2 is 2.31 bits per heavy atom. The summed E-state index contributed by atoms with van der Waals surface area (Å²) in [6, 6.07) is 0. The van der Waals surface area contributed by atoms with Gasteiger partial charge in [-0.1, -0.05) is 18.1 Å². The number of alkyl halides is 1. The smallest absolute Gasteiger partial charge is 0.141 e. The molecule has 0 bridgehead atoms. The first-order valence-electron chi connectivity index (χ1n) is 4.36. The fourth-order valence-corrected chi connectivity index (χ4v) is 1.02. The minimum atomic E-state index is -0.672. The molecule has 13 heavy (non-hydrogen) atoms. The van der Waals surface area contributed by atoms with Gasteiger partial charge in [-0.15, -0.1) is 0 Å². The summed E-state index contributed by atoms with van der Waals surface area (Å²) >= 11 is 0. The molecule has 2 nitrogen and oxygen atoms in total. The van der Waals surface area contributed by atoms with Gasteiger partial charge in [-0.05, 0) is 6.92 Å². The molecule has 0 unspecified atom stereocenters. The average Bonchev–Trinajstić information content (AvgIpc) is 2.08. The fourth-order valence-electron chi connectivity index (χ4n) is 1.02. The highest BCUT2D eigenvalue weighted by Crippen LogP contribution is 2.11. The molecule has 0 radical (unpaired) electrons. The first kappa shape index (κ1) is 10.0. The summed E-state index contributed by atoms with van der Waals surface area (Å²) in [6.45, 7) is 6.47. The standard InChI is InChI=1S/C9H14BFN2/c1-3-8(10)4-12-7(2)13-5-9(11)6-13/h3-4,9H,1,5-6,10H2,2H3/b8-4+,12-7+. The molecule has 0 aliphatic carbocycles. The van der Waals surface area contributed by atoms with Crippen LogP contribution in [-0.4, -0.2) is 37.8 Å². The SMILES string of the molecule is B/C(C=C)=C/N=C(\C)N1CC(F)C1. The minimum Gasteiger partial charge on any atom is -0.354 e. The van der Waals surface area contributed by atoms with Crippen LogP contribution in [0.25, 0.3) is 0 Å². The van der Waals surface area contributed by atoms with Crippen LogP contribution in [0.15, 0.2) is 29.3 Å². The summed E-state index contributed by atoms with van der Waals surface area (Å²) in [5.74, 6) is 0.870. The van der Waals surface area contributed by atoms with Crippen LogP contribution in [0.2, 0.25) is 0 Å². The van der Waals surface area contributed by atoms with Gasteiger partial charge in [0.05, 0.1) is 13.1 Å². The molecule has 1 aliphatic rings. The third kappa shape index (κ3) is 2.72. The maximum Gasteiger partial charge on any atom is 0.141 e. The molecule has 1 fully saturated rings. The van der Waals surface area contributed by atoms with E-state index in [9.17, 15) is 4.39 Å². The number of hydrogen-bond donors (Lipinski definition) is 0. The molecule has 1 rings (SSSR count). The zero-order chi connectivity index (χ0) is 9.84. The monoisotopic (exact) mass is 180 g/mol. The van der Waals surface area contributed by atoms with E-state index in [2.05, 4.69) is 11.6 Å². The second-order valence-corrected chi connectivity index (χ2v) is 3.26. The van der Waals surface area contributed by atoms with Crippen molar-refractivity contribution in [1.82, 2.24) is 4.90 Å². The van der Waals surface area contributed by atoms with Crippen LogP contribution in [-0.2, 0) is 0 Å². The third-order valence-corrected chi connectivity index (χ3v) is 2.07. The number of aliphatic imine (C=N–C) groups is 1. The topological polar surface area (TPSA) is 15.6 Å². The Morgan fingerprint density at radius 1 is 1.69 bits per heavy atom. The maximum atomic E-state index is 12.5. The molecule has 70 valence electrons. The Bertz CT molecular complexity index is 254. The van der Waals surface area contributed by atoms with Gasteiger partial charge < -0.3 is 4.90 Å². The summed E-state index contributed by atoms with van der Waals surface area (Å²) in [6.07, 6.45) is 2.81. The van der Waals surface area contributed by atoms with Gasteiger partial charge >= 0.3 is 0 Å². The lowest BCUT2D eigenvalue weighted by Gasteiger charge is -2.35. The molecule has 4 heteroatoms. The van der Waals surface area contributed by atoms with Crippen LogP contribution in [0.1, 0.15) is 6.92 Å². The van der Waals surface area contributed by atoms with Gasteiger partial charge in [0, 0.05) is 6.20 Å². The largest absolute Gasteiger partial charge is 0.354 e. The molecule has 1 heterocycles. The lowest BCUT2D eigenvalue weighted by molar-refractivity contribution is 0.130. The lowest BCUT2D eigenvalue weighted by atomic mass is 9.98. The van der Waals surface area contributed by atoms with E-state index in [-0.39, 0.29) is 0 Å². The van der Waals surface area contributed by atoms with E-state index in [1.54, 1.807) is 12.3 Å². The Balaban J connectivity index is 2.47. The number of allylic oxidation sites excluding steroid dienone is 2. The van der Waals surface area contributed by atoms with Crippen molar-refractivity contribution in [3.05, 3.63) is 24.3 Å². The molecule has 0 aromatic heterocycles. The molecule has 0 saturated carbocycles. The van der Waals surface area contributed by atoms with E-state index in [1.165, 1.54) is 0 Å². The zero-order valence-electron chi connectivity index (χ0n) is 8.13. The van der Waals surface area contributed by atoms with Crippen molar-refractivity contribution in [1.29, 1.82) is 0 Å². The van der Waals surface area contributed by atoms with Crippen LogP contribution < -0.4 is 0 Å². The second-order valence-electron chi connectivity index (χ2n) is 3.26. The number of halogens is 1. The normalized spacial score (nSPS) is 20.0. The van der Waals surface area contributed by atoms with Gasteiger partial charge in [0.2, 0.25) is 0 Å². The number of hydrogen-bond acceptors (Lipinski definition) is 1. The Hall–Kier alpha value is -1.06. The van der Waals surface area contributed by atoms with Crippen LogP contribution in [0.4, 0.5) is 4.39 Å². The van der Waals surface area contributed by atoms with Crippen LogP contribution >= 0.6 is 0 Å². The van der Waals surface area contributed by atoms with Crippen molar-refractivity contribution in [2.75, 3.05) is 13.1 Å².